The van der Waals surface area contributed by atoms with Crippen LogP contribution in [0.1, 0.15) is 32.2 Å². The van der Waals surface area contributed by atoms with Crippen LogP contribution in [0.4, 0.5) is 0 Å². The molecule has 0 spiro atoms. The topological polar surface area (TPSA) is 66.0 Å². The van der Waals surface area contributed by atoms with Gasteiger partial charge in [0.25, 0.3) is 0 Å². The molecule has 5 nitrogen and oxygen atoms in total. The highest BCUT2D eigenvalue weighted by atomic mass is 16.5. The number of nitrogens with zero attached hydrogens (tertiary/aromatic N) is 3. The van der Waals surface area contributed by atoms with Crippen molar-refractivity contribution in [3.63, 3.8) is 0 Å². The van der Waals surface area contributed by atoms with E-state index in [0.717, 1.165) is 29.2 Å². The van der Waals surface area contributed by atoms with E-state index < -0.39 is 0 Å². The smallest absolute Gasteiger partial charge is 0.145 e. The summed E-state index contributed by atoms with van der Waals surface area (Å²) in [6.07, 6.45) is 0.889. The van der Waals surface area contributed by atoms with E-state index in [0.29, 0.717) is 19.1 Å². The van der Waals surface area contributed by atoms with E-state index in [1.165, 1.54) is 0 Å². The Balaban J connectivity index is 2.49. The molecule has 0 unspecified atom stereocenters. The largest absolute Gasteiger partial charge is 0.492 e. The molecular weight excluding hydrogens is 252 g/mol. The molecule has 1 aromatic carbocycles. The highest BCUT2D eigenvalue weighted by Gasteiger charge is 2.16. The van der Waals surface area contributed by atoms with Crippen LogP contribution in [0, 0.1) is 5.92 Å². The van der Waals surface area contributed by atoms with Crippen LogP contribution in [0.2, 0.25) is 0 Å². The van der Waals surface area contributed by atoms with Gasteiger partial charge in [-0.05, 0) is 31.4 Å². The fourth-order valence-corrected chi connectivity index (χ4v) is 2.19. The number of ether oxygens (including phenoxy) is 1. The first-order valence-corrected chi connectivity index (χ1v) is 7.03. The van der Waals surface area contributed by atoms with Crippen LogP contribution in [0.3, 0.4) is 0 Å². The minimum absolute atomic E-state index is 0.402. The van der Waals surface area contributed by atoms with Crippen molar-refractivity contribution in [2.75, 3.05) is 6.61 Å². The molecule has 2 rings (SSSR count). The van der Waals surface area contributed by atoms with Gasteiger partial charge in [0.05, 0.1) is 18.0 Å². The normalized spacial score (nSPS) is 11.1. The van der Waals surface area contributed by atoms with Crippen LogP contribution in [0.25, 0.3) is 5.69 Å². The zero-order valence-electron chi connectivity index (χ0n) is 12.3. The lowest BCUT2D eigenvalue weighted by Crippen LogP contribution is -2.10. The van der Waals surface area contributed by atoms with Crippen LogP contribution in [-0.4, -0.2) is 21.6 Å². The van der Waals surface area contributed by atoms with Crippen molar-refractivity contribution in [2.45, 2.75) is 33.7 Å². The fraction of sp³-hybridized carbons (Fsp3) is 0.467. The first-order valence-electron chi connectivity index (χ1n) is 7.03. The maximum Gasteiger partial charge on any atom is 0.145 e. The van der Waals surface area contributed by atoms with E-state index >= 15 is 0 Å². The maximum absolute atomic E-state index is 5.77. The molecule has 1 aromatic heterocycles. The summed E-state index contributed by atoms with van der Waals surface area (Å²) < 4.78 is 7.53. The Kier molecular flexibility index (Phi) is 4.74. The molecule has 0 aliphatic rings. The second kappa shape index (κ2) is 6.52. The van der Waals surface area contributed by atoms with Crippen LogP contribution < -0.4 is 10.5 Å². The highest BCUT2D eigenvalue weighted by molar-refractivity contribution is 5.47. The standard InChI is InChI=1S/C15H22N4O/c1-4-20-15-8-6-5-7-13(15)19-14(9-11(2)3)12(10-16)17-18-19/h5-8,11H,4,9-10,16H2,1-3H3. The third-order valence-electron chi connectivity index (χ3n) is 3.03. The number of nitrogens with two attached hydrogens (primary N) is 1. The van der Waals surface area contributed by atoms with Gasteiger partial charge in [-0.25, -0.2) is 4.68 Å². The molecule has 5 heteroatoms. The molecule has 0 radical (unpaired) electrons. The van der Waals surface area contributed by atoms with E-state index in [1.54, 1.807) is 0 Å². The summed E-state index contributed by atoms with van der Waals surface area (Å²) in [6, 6.07) is 7.86. The Morgan fingerprint density at radius 1 is 1.30 bits per heavy atom. The molecule has 1 heterocycles. The molecule has 2 N–H and O–H groups in total. The molecule has 2 aromatic rings. The number of benzene rings is 1. The minimum Gasteiger partial charge on any atom is -0.492 e. The van der Waals surface area contributed by atoms with E-state index in [9.17, 15) is 0 Å². The molecule has 0 fully saturated rings. The molecule has 20 heavy (non-hydrogen) atoms. The number of hydrogen-bond donors (Lipinski definition) is 1. The van der Waals surface area contributed by atoms with Gasteiger partial charge in [-0.1, -0.05) is 31.2 Å². The van der Waals surface area contributed by atoms with Crippen LogP contribution in [0.5, 0.6) is 5.75 Å². The van der Waals surface area contributed by atoms with E-state index in [4.69, 9.17) is 10.5 Å². The average Bonchev–Trinajstić information content (AvgIpc) is 2.82. The average molecular weight is 274 g/mol. The van der Waals surface area contributed by atoms with E-state index in [1.807, 2.05) is 35.9 Å². The predicted molar refractivity (Wildman–Crippen MR) is 79.0 cm³/mol. The van der Waals surface area contributed by atoms with Crippen molar-refractivity contribution in [3.05, 3.63) is 35.7 Å². The Labute approximate surface area is 119 Å². The Morgan fingerprint density at radius 2 is 2.05 bits per heavy atom. The van der Waals surface area contributed by atoms with Gasteiger partial charge < -0.3 is 10.5 Å². The molecule has 0 amide bonds. The molecule has 0 saturated heterocycles. The summed E-state index contributed by atoms with van der Waals surface area (Å²) in [5.74, 6) is 1.32. The summed E-state index contributed by atoms with van der Waals surface area (Å²) in [5, 5.41) is 8.46. The van der Waals surface area contributed by atoms with Crippen molar-refractivity contribution in [2.24, 2.45) is 11.7 Å². The highest BCUT2D eigenvalue weighted by Crippen LogP contribution is 2.25. The van der Waals surface area contributed by atoms with Crippen LogP contribution in [0.15, 0.2) is 24.3 Å². The maximum atomic E-state index is 5.77. The van der Waals surface area contributed by atoms with E-state index in [2.05, 4.69) is 24.2 Å². The zero-order valence-corrected chi connectivity index (χ0v) is 12.3. The second-order valence-electron chi connectivity index (χ2n) is 5.10. The van der Waals surface area contributed by atoms with Gasteiger partial charge in [-0.15, -0.1) is 5.10 Å². The Morgan fingerprint density at radius 3 is 2.70 bits per heavy atom. The number of rotatable bonds is 6. The van der Waals surface area contributed by atoms with Crippen molar-refractivity contribution in [1.82, 2.24) is 15.0 Å². The SMILES string of the molecule is CCOc1ccccc1-n1nnc(CN)c1CC(C)C. The second-order valence-corrected chi connectivity index (χ2v) is 5.10. The molecule has 0 atom stereocenters. The van der Waals surface area contributed by atoms with Gasteiger partial charge >= 0.3 is 0 Å². The first kappa shape index (κ1) is 14.5. The van der Waals surface area contributed by atoms with Crippen molar-refractivity contribution < 1.29 is 4.74 Å². The first-order chi connectivity index (χ1) is 9.67. The summed E-state index contributed by atoms with van der Waals surface area (Å²) >= 11 is 0. The Bertz CT molecular complexity index is 563. The zero-order chi connectivity index (χ0) is 14.5. The van der Waals surface area contributed by atoms with Gasteiger partial charge in [0.1, 0.15) is 11.4 Å². The lowest BCUT2D eigenvalue weighted by molar-refractivity contribution is 0.338. The fourth-order valence-electron chi connectivity index (χ4n) is 2.19. The predicted octanol–water partition coefficient (Wildman–Crippen LogP) is 2.32. The third kappa shape index (κ3) is 2.99. The van der Waals surface area contributed by atoms with Crippen LogP contribution in [-0.2, 0) is 13.0 Å². The van der Waals surface area contributed by atoms with Crippen LogP contribution >= 0.6 is 0 Å². The van der Waals surface area contributed by atoms with Gasteiger partial charge in [-0.3, -0.25) is 0 Å². The third-order valence-corrected chi connectivity index (χ3v) is 3.03. The van der Waals surface area contributed by atoms with Gasteiger partial charge in [-0.2, -0.15) is 0 Å². The van der Waals surface area contributed by atoms with Crippen molar-refractivity contribution >= 4 is 0 Å². The summed E-state index contributed by atoms with van der Waals surface area (Å²) in [4.78, 5) is 0. The lowest BCUT2D eigenvalue weighted by Gasteiger charge is -2.13. The molecule has 108 valence electrons. The Hall–Kier alpha value is -1.88. The molecular formula is C15H22N4O. The summed E-state index contributed by atoms with van der Waals surface area (Å²) in [5.41, 5.74) is 8.60. The number of para-hydroxylation sites is 2. The molecule has 0 aliphatic carbocycles. The van der Waals surface area contributed by atoms with Gasteiger partial charge in [0.2, 0.25) is 0 Å². The molecule has 0 aliphatic heterocycles. The minimum atomic E-state index is 0.402. The number of aromatic nitrogens is 3. The van der Waals surface area contributed by atoms with Crippen molar-refractivity contribution in [1.29, 1.82) is 0 Å². The van der Waals surface area contributed by atoms with Gasteiger partial charge in [0, 0.05) is 6.54 Å². The quantitative estimate of drug-likeness (QED) is 0.878. The number of hydrogen-bond acceptors (Lipinski definition) is 4. The molecule has 0 bridgehead atoms. The summed E-state index contributed by atoms with van der Waals surface area (Å²) in [7, 11) is 0. The monoisotopic (exact) mass is 274 g/mol. The summed E-state index contributed by atoms with van der Waals surface area (Å²) in [6.45, 7) is 7.34. The van der Waals surface area contributed by atoms with Crippen molar-refractivity contribution in [3.8, 4) is 11.4 Å². The van der Waals surface area contributed by atoms with Gasteiger partial charge in [0.15, 0.2) is 0 Å². The van der Waals surface area contributed by atoms with E-state index in [-0.39, 0.29) is 0 Å². The molecule has 0 saturated carbocycles. The lowest BCUT2D eigenvalue weighted by atomic mass is 10.1.